The third kappa shape index (κ3) is 5.37. The summed E-state index contributed by atoms with van der Waals surface area (Å²) >= 11 is 0. The Morgan fingerprint density at radius 3 is 2.87 bits per heavy atom. The Labute approximate surface area is 185 Å². The minimum atomic E-state index is 0.0632. The molecule has 1 saturated heterocycles. The van der Waals surface area contributed by atoms with Crippen LogP contribution in [0.1, 0.15) is 36.9 Å². The highest BCUT2D eigenvalue weighted by Crippen LogP contribution is 2.29. The van der Waals surface area contributed by atoms with Crippen molar-refractivity contribution in [2.45, 2.75) is 44.7 Å². The van der Waals surface area contributed by atoms with Crippen LogP contribution in [0.2, 0.25) is 0 Å². The van der Waals surface area contributed by atoms with Crippen LogP contribution in [0.4, 0.5) is 0 Å². The van der Waals surface area contributed by atoms with Crippen molar-refractivity contribution in [1.29, 1.82) is 0 Å². The lowest BCUT2D eigenvalue weighted by atomic mass is 9.86. The number of para-hydroxylation sites is 1. The fourth-order valence-electron chi connectivity index (χ4n) is 4.92. The van der Waals surface area contributed by atoms with Crippen molar-refractivity contribution < 1.29 is 14.3 Å². The molecule has 6 nitrogen and oxygen atoms in total. The van der Waals surface area contributed by atoms with Crippen molar-refractivity contribution in [3.05, 3.63) is 53.7 Å². The van der Waals surface area contributed by atoms with Gasteiger partial charge in [-0.3, -0.25) is 9.69 Å². The second kappa shape index (κ2) is 10.1. The largest absolute Gasteiger partial charge is 0.483 e. The smallest absolute Gasteiger partial charge is 0.260 e. The Bertz CT molecular complexity index is 888. The van der Waals surface area contributed by atoms with Crippen LogP contribution in [0, 0.1) is 5.92 Å². The van der Waals surface area contributed by atoms with E-state index < -0.39 is 0 Å². The average molecular weight is 424 g/mol. The molecule has 3 heterocycles. The van der Waals surface area contributed by atoms with Crippen LogP contribution in [0.25, 0.3) is 0 Å². The Hall–Kier alpha value is -2.60. The van der Waals surface area contributed by atoms with Gasteiger partial charge in [0.25, 0.3) is 5.91 Å². The summed E-state index contributed by atoms with van der Waals surface area (Å²) in [6, 6.07) is 14.3. The lowest BCUT2D eigenvalue weighted by Crippen LogP contribution is -2.52. The molecule has 0 unspecified atom stereocenters. The molecule has 166 valence electrons. The number of likely N-dealkylation sites (tertiary alicyclic amines) is 1. The van der Waals surface area contributed by atoms with E-state index in [1.54, 1.807) is 7.11 Å². The molecule has 0 spiro atoms. The number of carbonyl (C=O) groups excluding carboxylic acids is 1. The number of fused-ring (bicyclic) bond motifs is 2. The quantitative estimate of drug-likeness (QED) is 0.756. The number of rotatable bonds is 3. The number of likely N-dealkylation sites (N-methyl/N-ethyl adjacent to an activating group) is 1. The summed E-state index contributed by atoms with van der Waals surface area (Å²) in [7, 11) is 3.59. The number of ether oxygens (including phenoxy) is 2. The summed E-state index contributed by atoms with van der Waals surface area (Å²) in [5.74, 6) is 2.03. The molecule has 4 rings (SSSR count). The van der Waals surface area contributed by atoms with Crippen molar-refractivity contribution in [3.63, 3.8) is 0 Å². The normalized spacial score (nSPS) is 23.0. The van der Waals surface area contributed by atoms with Crippen molar-refractivity contribution in [3.8, 4) is 11.6 Å². The lowest BCUT2D eigenvalue weighted by molar-refractivity contribution is -0.136. The number of methoxy groups -OCH3 is 1. The van der Waals surface area contributed by atoms with E-state index in [0.717, 1.165) is 63.2 Å². The number of nitrogens with zero attached hydrogens (tertiary/aromatic N) is 3. The highest BCUT2D eigenvalue weighted by Gasteiger charge is 2.34. The maximum absolute atomic E-state index is 12.9. The van der Waals surface area contributed by atoms with Crippen molar-refractivity contribution >= 4 is 5.91 Å². The van der Waals surface area contributed by atoms with Gasteiger partial charge in [-0.1, -0.05) is 30.7 Å². The van der Waals surface area contributed by atoms with Crippen LogP contribution >= 0.6 is 0 Å². The van der Waals surface area contributed by atoms with Crippen LogP contribution in [-0.2, 0) is 17.8 Å². The predicted molar refractivity (Wildman–Crippen MR) is 120 cm³/mol. The van der Waals surface area contributed by atoms with E-state index in [-0.39, 0.29) is 18.6 Å². The Balaban J connectivity index is 1.45. The number of aromatic nitrogens is 1. The molecule has 2 aliphatic rings. The van der Waals surface area contributed by atoms with Crippen LogP contribution in [0.5, 0.6) is 11.6 Å². The summed E-state index contributed by atoms with van der Waals surface area (Å²) in [5.41, 5.74) is 2.23. The van der Waals surface area contributed by atoms with Gasteiger partial charge >= 0.3 is 0 Å². The molecular formula is C25H33N3O3. The summed E-state index contributed by atoms with van der Waals surface area (Å²) < 4.78 is 11.2. The van der Waals surface area contributed by atoms with E-state index in [9.17, 15) is 4.79 Å². The van der Waals surface area contributed by atoms with E-state index in [1.165, 1.54) is 5.56 Å². The summed E-state index contributed by atoms with van der Waals surface area (Å²) in [6.07, 6.45) is 5.40. The van der Waals surface area contributed by atoms with Gasteiger partial charge in [0, 0.05) is 38.8 Å². The highest BCUT2D eigenvalue weighted by molar-refractivity contribution is 5.78. The maximum Gasteiger partial charge on any atom is 0.260 e. The second-order valence-electron chi connectivity index (χ2n) is 8.67. The van der Waals surface area contributed by atoms with Crippen molar-refractivity contribution in [2.24, 2.45) is 5.92 Å². The zero-order valence-corrected chi connectivity index (χ0v) is 18.6. The number of aryl methyl sites for hydroxylation is 1. The number of benzene rings is 1. The number of carbonyl (C=O) groups is 1. The zero-order valence-electron chi connectivity index (χ0n) is 18.6. The summed E-state index contributed by atoms with van der Waals surface area (Å²) in [4.78, 5) is 21.9. The third-order valence-corrected chi connectivity index (χ3v) is 6.64. The third-order valence-electron chi connectivity index (χ3n) is 6.64. The maximum atomic E-state index is 12.9. The fourth-order valence-corrected chi connectivity index (χ4v) is 4.92. The number of piperidine rings is 1. The lowest BCUT2D eigenvalue weighted by Gasteiger charge is -2.43. The molecule has 0 bridgehead atoms. The molecule has 2 aliphatic heterocycles. The van der Waals surface area contributed by atoms with E-state index in [0.29, 0.717) is 11.8 Å². The first-order chi connectivity index (χ1) is 15.1. The van der Waals surface area contributed by atoms with Gasteiger partial charge in [-0.05, 0) is 49.3 Å². The van der Waals surface area contributed by atoms with Crippen LogP contribution in [0.15, 0.2) is 42.5 Å². The standard InChI is InChI=1S/C25H33N3O3/c1-27-22-14-15-28(17-21-11-7-13-24(26-21)30-2)16-20(22)10-4-3-8-19-9-5-6-12-23(19)31-18-25(27)29/h5-7,9,11-13,20,22H,3-4,8,10,14-18H2,1-2H3/t20-,22+/m0/s1. The Kier molecular flexibility index (Phi) is 7.07. The number of pyridine rings is 1. The molecule has 1 amide bonds. The Morgan fingerprint density at radius 1 is 1.13 bits per heavy atom. The molecule has 1 fully saturated rings. The average Bonchev–Trinajstić information content (AvgIpc) is 2.80. The van der Waals surface area contributed by atoms with Gasteiger partial charge in [-0.25, -0.2) is 4.98 Å². The number of amides is 1. The SMILES string of the molecule is COc1cccc(CN2CC[C@@H]3[C@@H](CCCCc4ccccc4OCC(=O)N3C)C2)n1. The molecule has 0 N–H and O–H groups in total. The minimum absolute atomic E-state index is 0.0632. The van der Waals surface area contributed by atoms with Crippen molar-refractivity contribution in [1.82, 2.24) is 14.8 Å². The summed E-state index contributed by atoms with van der Waals surface area (Å²) in [6.45, 7) is 2.86. The van der Waals surface area contributed by atoms with Crippen LogP contribution in [0.3, 0.4) is 0 Å². The molecule has 1 aromatic carbocycles. The zero-order chi connectivity index (χ0) is 21.6. The predicted octanol–water partition coefficient (Wildman–Crippen LogP) is 3.54. The number of hydrogen-bond donors (Lipinski definition) is 0. The first-order valence-electron chi connectivity index (χ1n) is 11.3. The molecule has 6 heteroatoms. The van der Waals surface area contributed by atoms with Gasteiger partial charge in [0.2, 0.25) is 5.88 Å². The van der Waals surface area contributed by atoms with Crippen molar-refractivity contribution in [2.75, 3.05) is 33.9 Å². The van der Waals surface area contributed by atoms with E-state index in [4.69, 9.17) is 9.47 Å². The fraction of sp³-hybridized carbons (Fsp3) is 0.520. The minimum Gasteiger partial charge on any atom is -0.483 e. The van der Waals surface area contributed by atoms with Crippen LogP contribution in [-0.4, -0.2) is 60.6 Å². The van der Waals surface area contributed by atoms with Gasteiger partial charge in [0.15, 0.2) is 6.61 Å². The van der Waals surface area contributed by atoms with Gasteiger partial charge in [0.1, 0.15) is 5.75 Å². The molecule has 31 heavy (non-hydrogen) atoms. The van der Waals surface area contributed by atoms with Gasteiger partial charge < -0.3 is 14.4 Å². The first-order valence-corrected chi connectivity index (χ1v) is 11.3. The van der Waals surface area contributed by atoms with Gasteiger partial charge in [0.05, 0.1) is 12.8 Å². The molecule has 0 aliphatic carbocycles. The molecule has 2 atom stereocenters. The summed E-state index contributed by atoms with van der Waals surface area (Å²) in [5, 5.41) is 0. The second-order valence-corrected chi connectivity index (χ2v) is 8.67. The topological polar surface area (TPSA) is 54.9 Å². The van der Waals surface area contributed by atoms with E-state index in [1.807, 2.05) is 42.3 Å². The monoisotopic (exact) mass is 423 g/mol. The molecule has 0 saturated carbocycles. The molecule has 1 aromatic heterocycles. The Morgan fingerprint density at radius 2 is 2.00 bits per heavy atom. The van der Waals surface area contributed by atoms with Gasteiger partial charge in [-0.15, -0.1) is 0 Å². The van der Waals surface area contributed by atoms with Crippen LogP contribution < -0.4 is 9.47 Å². The van der Waals surface area contributed by atoms with E-state index >= 15 is 0 Å². The number of hydrogen-bond acceptors (Lipinski definition) is 5. The molecular weight excluding hydrogens is 390 g/mol. The molecule has 2 aromatic rings. The highest BCUT2D eigenvalue weighted by atomic mass is 16.5. The van der Waals surface area contributed by atoms with E-state index in [2.05, 4.69) is 22.0 Å². The van der Waals surface area contributed by atoms with Gasteiger partial charge in [-0.2, -0.15) is 0 Å². The molecule has 0 radical (unpaired) electrons. The first kappa shape index (κ1) is 21.6.